The lowest BCUT2D eigenvalue weighted by atomic mass is 10.1. The highest BCUT2D eigenvalue weighted by Gasteiger charge is 2.04. The molecule has 0 aliphatic rings. The standard InChI is InChI=1S/C10H12BrFO/c1-7(11)9-4-8(2-3-13)5-10(12)6-9/h4-7,13H,2-3H2,1H3. The van der Waals surface area contributed by atoms with Crippen molar-refractivity contribution in [1.29, 1.82) is 0 Å². The van der Waals surface area contributed by atoms with Gasteiger partial charge in [0.2, 0.25) is 0 Å². The van der Waals surface area contributed by atoms with Crippen LogP contribution in [0.1, 0.15) is 22.9 Å². The van der Waals surface area contributed by atoms with E-state index in [1.165, 1.54) is 12.1 Å². The van der Waals surface area contributed by atoms with Crippen molar-refractivity contribution in [1.82, 2.24) is 0 Å². The molecule has 1 aromatic carbocycles. The molecule has 0 heterocycles. The van der Waals surface area contributed by atoms with Gasteiger partial charge in [0.1, 0.15) is 5.82 Å². The number of aliphatic hydroxyl groups excluding tert-OH is 1. The second-order valence-electron chi connectivity index (χ2n) is 2.98. The molecular formula is C10H12BrFO. The molecule has 0 bridgehead atoms. The van der Waals surface area contributed by atoms with Gasteiger partial charge in [0, 0.05) is 11.4 Å². The smallest absolute Gasteiger partial charge is 0.123 e. The Kier molecular flexibility index (Phi) is 3.88. The molecule has 0 spiro atoms. The molecule has 13 heavy (non-hydrogen) atoms. The molecule has 0 aliphatic carbocycles. The molecule has 0 radical (unpaired) electrons. The zero-order chi connectivity index (χ0) is 9.84. The summed E-state index contributed by atoms with van der Waals surface area (Å²) < 4.78 is 13.0. The summed E-state index contributed by atoms with van der Waals surface area (Å²) in [5, 5.41) is 8.71. The Morgan fingerprint density at radius 1 is 1.46 bits per heavy atom. The van der Waals surface area contributed by atoms with Crippen LogP contribution in [0.4, 0.5) is 4.39 Å². The molecular weight excluding hydrogens is 235 g/mol. The molecule has 0 aliphatic heterocycles. The molecule has 1 nitrogen and oxygen atoms in total. The maximum Gasteiger partial charge on any atom is 0.123 e. The number of benzene rings is 1. The van der Waals surface area contributed by atoms with Gasteiger partial charge in [0.05, 0.1) is 0 Å². The van der Waals surface area contributed by atoms with Crippen LogP contribution in [0, 0.1) is 5.82 Å². The van der Waals surface area contributed by atoms with Gasteiger partial charge < -0.3 is 5.11 Å². The molecule has 0 fully saturated rings. The number of halogens is 2. The summed E-state index contributed by atoms with van der Waals surface area (Å²) in [4.78, 5) is 0.139. The Morgan fingerprint density at radius 3 is 2.69 bits per heavy atom. The Hall–Kier alpha value is -0.410. The highest BCUT2D eigenvalue weighted by molar-refractivity contribution is 9.09. The summed E-state index contributed by atoms with van der Waals surface area (Å²) in [7, 11) is 0. The predicted molar refractivity (Wildman–Crippen MR) is 54.5 cm³/mol. The molecule has 3 heteroatoms. The Bertz CT molecular complexity index is 286. The van der Waals surface area contributed by atoms with Crippen molar-refractivity contribution in [3.05, 3.63) is 35.1 Å². The second-order valence-corrected chi connectivity index (χ2v) is 4.36. The second kappa shape index (κ2) is 4.72. The molecule has 1 aromatic rings. The first kappa shape index (κ1) is 10.7. The van der Waals surface area contributed by atoms with Crippen molar-refractivity contribution in [3.8, 4) is 0 Å². The van der Waals surface area contributed by atoms with Crippen molar-refractivity contribution >= 4 is 15.9 Å². The van der Waals surface area contributed by atoms with E-state index in [0.29, 0.717) is 6.42 Å². The van der Waals surface area contributed by atoms with Gasteiger partial charge in [-0.1, -0.05) is 22.0 Å². The number of hydrogen-bond acceptors (Lipinski definition) is 1. The molecule has 0 saturated carbocycles. The highest BCUT2D eigenvalue weighted by atomic mass is 79.9. The Morgan fingerprint density at radius 2 is 2.15 bits per heavy atom. The average Bonchev–Trinajstić information content (AvgIpc) is 2.03. The van der Waals surface area contributed by atoms with Crippen LogP contribution < -0.4 is 0 Å². The summed E-state index contributed by atoms with van der Waals surface area (Å²) in [5.74, 6) is -0.243. The van der Waals surface area contributed by atoms with Crippen molar-refractivity contribution in [2.45, 2.75) is 18.2 Å². The van der Waals surface area contributed by atoms with Crippen LogP contribution in [0.5, 0.6) is 0 Å². The maximum atomic E-state index is 13.0. The van der Waals surface area contributed by atoms with E-state index < -0.39 is 0 Å². The van der Waals surface area contributed by atoms with E-state index >= 15 is 0 Å². The van der Waals surface area contributed by atoms with E-state index in [9.17, 15) is 4.39 Å². The van der Waals surface area contributed by atoms with Crippen LogP contribution in [0.15, 0.2) is 18.2 Å². The first-order valence-corrected chi connectivity index (χ1v) is 5.09. The summed E-state index contributed by atoms with van der Waals surface area (Å²) in [5.41, 5.74) is 1.74. The summed E-state index contributed by atoms with van der Waals surface area (Å²) in [6.45, 7) is 2.00. The van der Waals surface area contributed by atoms with Gasteiger partial charge in [-0.2, -0.15) is 0 Å². The lowest BCUT2D eigenvalue weighted by Crippen LogP contribution is -1.95. The van der Waals surface area contributed by atoms with Gasteiger partial charge in [-0.15, -0.1) is 0 Å². The average molecular weight is 247 g/mol. The third kappa shape index (κ3) is 3.08. The Labute approximate surface area is 85.7 Å². The molecule has 0 aromatic heterocycles. The number of aliphatic hydroxyl groups is 1. The highest BCUT2D eigenvalue weighted by Crippen LogP contribution is 2.23. The number of alkyl halides is 1. The summed E-state index contributed by atoms with van der Waals surface area (Å²) in [6, 6.07) is 4.86. The van der Waals surface area contributed by atoms with E-state index in [0.717, 1.165) is 11.1 Å². The molecule has 1 N–H and O–H groups in total. The minimum Gasteiger partial charge on any atom is -0.396 e. The fraction of sp³-hybridized carbons (Fsp3) is 0.400. The first-order valence-electron chi connectivity index (χ1n) is 4.18. The lowest BCUT2D eigenvalue weighted by molar-refractivity contribution is 0.299. The van der Waals surface area contributed by atoms with Gasteiger partial charge in [0.15, 0.2) is 0 Å². The van der Waals surface area contributed by atoms with Crippen molar-refractivity contribution in [2.24, 2.45) is 0 Å². The largest absolute Gasteiger partial charge is 0.396 e. The van der Waals surface area contributed by atoms with E-state index in [4.69, 9.17) is 5.11 Å². The van der Waals surface area contributed by atoms with Gasteiger partial charge in [-0.05, 0) is 36.6 Å². The van der Waals surface area contributed by atoms with E-state index in [-0.39, 0.29) is 17.3 Å². The van der Waals surface area contributed by atoms with Gasteiger partial charge in [-0.25, -0.2) is 4.39 Å². The summed E-state index contributed by atoms with van der Waals surface area (Å²) >= 11 is 3.37. The lowest BCUT2D eigenvalue weighted by Gasteiger charge is -2.06. The zero-order valence-electron chi connectivity index (χ0n) is 7.43. The summed E-state index contributed by atoms with van der Waals surface area (Å²) in [6.07, 6.45) is 0.504. The zero-order valence-corrected chi connectivity index (χ0v) is 9.01. The first-order chi connectivity index (χ1) is 6.13. The van der Waals surface area contributed by atoms with Gasteiger partial charge >= 0.3 is 0 Å². The van der Waals surface area contributed by atoms with Gasteiger partial charge in [0.25, 0.3) is 0 Å². The van der Waals surface area contributed by atoms with Crippen molar-refractivity contribution in [3.63, 3.8) is 0 Å². The van der Waals surface area contributed by atoms with Crippen LogP contribution >= 0.6 is 15.9 Å². The van der Waals surface area contributed by atoms with Crippen LogP contribution in [0.2, 0.25) is 0 Å². The van der Waals surface area contributed by atoms with Crippen LogP contribution in [-0.4, -0.2) is 11.7 Å². The predicted octanol–water partition coefficient (Wildman–Crippen LogP) is 2.82. The molecule has 0 saturated heterocycles. The van der Waals surface area contributed by atoms with Crippen molar-refractivity contribution < 1.29 is 9.50 Å². The monoisotopic (exact) mass is 246 g/mol. The fourth-order valence-corrected chi connectivity index (χ4v) is 1.44. The van der Waals surface area contributed by atoms with Crippen LogP contribution in [-0.2, 0) is 6.42 Å². The molecule has 72 valence electrons. The molecule has 1 atom stereocenters. The maximum absolute atomic E-state index is 13.0. The van der Waals surface area contributed by atoms with E-state index in [1.54, 1.807) is 0 Å². The normalized spacial score (nSPS) is 12.9. The molecule has 0 amide bonds. The van der Waals surface area contributed by atoms with Crippen molar-refractivity contribution in [2.75, 3.05) is 6.61 Å². The topological polar surface area (TPSA) is 20.2 Å². The molecule has 1 rings (SSSR count). The third-order valence-electron chi connectivity index (χ3n) is 1.84. The van der Waals surface area contributed by atoms with E-state index in [2.05, 4.69) is 15.9 Å². The minimum absolute atomic E-state index is 0.0551. The number of rotatable bonds is 3. The quantitative estimate of drug-likeness (QED) is 0.814. The molecule has 1 unspecified atom stereocenters. The van der Waals surface area contributed by atoms with E-state index in [1.807, 2.05) is 13.0 Å². The SMILES string of the molecule is CC(Br)c1cc(F)cc(CCO)c1. The minimum atomic E-state index is -0.243. The van der Waals surface area contributed by atoms with Gasteiger partial charge in [-0.3, -0.25) is 0 Å². The van der Waals surface area contributed by atoms with Crippen LogP contribution in [0.25, 0.3) is 0 Å². The third-order valence-corrected chi connectivity index (χ3v) is 2.37. The Balaban J connectivity index is 2.96. The number of hydrogen-bond donors (Lipinski definition) is 1. The van der Waals surface area contributed by atoms with Crippen LogP contribution in [0.3, 0.4) is 0 Å². The fourth-order valence-electron chi connectivity index (χ4n) is 1.18.